The highest BCUT2D eigenvalue weighted by Gasteiger charge is 2.37. The maximum absolute atomic E-state index is 13.6. The van der Waals surface area contributed by atoms with Crippen molar-refractivity contribution in [2.75, 3.05) is 43.4 Å². The Labute approximate surface area is 251 Å². The van der Waals surface area contributed by atoms with Gasteiger partial charge in [-0.2, -0.15) is 10.4 Å². The summed E-state index contributed by atoms with van der Waals surface area (Å²) in [6, 6.07) is 9.28. The lowest BCUT2D eigenvalue weighted by molar-refractivity contribution is -0.00785. The van der Waals surface area contributed by atoms with Crippen molar-refractivity contribution < 1.29 is 9.53 Å². The molecule has 8 rings (SSSR count). The van der Waals surface area contributed by atoms with Gasteiger partial charge in [-0.25, -0.2) is 14.5 Å². The number of ether oxygens (including phenoxy) is 1. The summed E-state index contributed by atoms with van der Waals surface area (Å²) in [5, 5.41) is 16.9. The summed E-state index contributed by atoms with van der Waals surface area (Å²) in [6.45, 7) is 4.54. The van der Waals surface area contributed by atoms with Gasteiger partial charge < -0.3 is 20.7 Å². The van der Waals surface area contributed by atoms with Crippen LogP contribution in [0.1, 0.15) is 41.0 Å². The topological polar surface area (TPSA) is 138 Å². The molecule has 4 aromatic rings. The van der Waals surface area contributed by atoms with E-state index in [1.165, 1.54) is 17.7 Å². The second kappa shape index (κ2) is 11.1. The molecule has 0 aromatic carbocycles. The molecule has 0 unspecified atom stereocenters. The van der Waals surface area contributed by atoms with Crippen molar-refractivity contribution in [3.63, 3.8) is 0 Å². The Balaban J connectivity index is 1.11. The molecule has 0 spiro atoms. The number of nitriles is 1. The maximum atomic E-state index is 13.6. The highest BCUT2D eigenvalue weighted by Crippen LogP contribution is 2.38. The van der Waals surface area contributed by atoms with Gasteiger partial charge in [-0.05, 0) is 62.9 Å². The highest BCUT2D eigenvalue weighted by atomic mass is 35.5. The van der Waals surface area contributed by atoms with Crippen molar-refractivity contribution in [1.82, 2.24) is 29.8 Å². The van der Waals surface area contributed by atoms with E-state index >= 15 is 0 Å². The minimum absolute atomic E-state index is 0.0855. The van der Waals surface area contributed by atoms with E-state index in [-0.39, 0.29) is 18.1 Å². The molecule has 42 heavy (non-hydrogen) atoms. The van der Waals surface area contributed by atoms with Gasteiger partial charge in [0.05, 0.1) is 15.7 Å². The summed E-state index contributed by atoms with van der Waals surface area (Å²) >= 11 is 7.65. The van der Waals surface area contributed by atoms with Crippen molar-refractivity contribution in [3.8, 4) is 23.1 Å². The van der Waals surface area contributed by atoms with Crippen LogP contribution in [0.15, 0.2) is 36.8 Å². The van der Waals surface area contributed by atoms with E-state index in [1.807, 2.05) is 18.2 Å². The van der Waals surface area contributed by atoms with Gasteiger partial charge in [-0.1, -0.05) is 11.6 Å². The number of fused-ring (bicyclic) bond motifs is 4. The number of anilines is 2. The number of hydrogen-bond donors (Lipinski definition) is 2. The average molecular weight is 604 g/mol. The summed E-state index contributed by atoms with van der Waals surface area (Å²) in [5.41, 5.74) is 9.88. The van der Waals surface area contributed by atoms with Gasteiger partial charge >= 0.3 is 0 Å². The van der Waals surface area contributed by atoms with Crippen LogP contribution in [0.3, 0.4) is 0 Å². The maximum Gasteiger partial charge on any atom is 0.265 e. The zero-order chi connectivity index (χ0) is 28.8. The van der Waals surface area contributed by atoms with Crippen molar-refractivity contribution in [2.45, 2.75) is 37.8 Å². The van der Waals surface area contributed by atoms with E-state index < -0.39 is 0 Å². The van der Waals surface area contributed by atoms with Crippen LogP contribution in [0, 0.1) is 17.2 Å². The Bertz CT molecular complexity index is 1670. The standard InChI is InChI=1S/C29H30ClN9O2S/c30-25-11-23(41-24-15-37-8-5-17(24)6-9-37)27(42-25)29(40)36-20-2-1-7-38(14-20)22-10-21(18-3-4-19(12-31)33-13-18)39-26(22)28(32)34-16-35-39/h3-4,10-11,13,16-17,20,24H,1-2,5-9,14-15H2,(H,36,40)(H2,32,34,35)/t20-,24-/m1/s1. The van der Waals surface area contributed by atoms with E-state index in [0.29, 0.717) is 44.5 Å². The lowest BCUT2D eigenvalue weighted by atomic mass is 9.86. The molecule has 13 heteroatoms. The number of nitrogens with two attached hydrogens (primary N) is 1. The molecule has 4 aromatic heterocycles. The van der Waals surface area contributed by atoms with Crippen LogP contribution in [0.4, 0.5) is 11.5 Å². The van der Waals surface area contributed by atoms with Crippen LogP contribution in [0.2, 0.25) is 4.34 Å². The molecule has 8 heterocycles. The van der Waals surface area contributed by atoms with Gasteiger partial charge in [-0.3, -0.25) is 9.69 Å². The highest BCUT2D eigenvalue weighted by molar-refractivity contribution is 7.18. The lowest BCUT2D eigenvalue weighted by Gasteiger charge is -2.44. The second-order valence-corrected chi connectivity index (χ2v) is 12.8. The molecule has 4 saturated heterocycles. The average Bonchev–Trinajstić information content (AvgIpc) is 3.59. The molecule has 216 valence electrons. The zero-order valence-corrected chi connectivity index (χ0v) is 24.4. The van der Waals surface area contributed by atoms with Crippen LogP contribution in [-0.4, -0.2) is 75.3 Å². The summed E-state index contributed by atoms with van der Waals surface area (Å²) in [7, 11) is 0. The number of hydrogen-bond acceptors (Lipinski definition) is 10. The number of halogens is 1. The Kier molecular flexibility index (Phi) is 7.09. The first-order valence-electron chi connectivity index (χ1n) is 14.2. The Hall–Kier alpha value is -3.92. The molecular formula is C29H30ClN9O2S. The number of carbonyl (C=O) groups is 1. The molecule has 0 radical (unpaired) electrons. The Morgan fingerprint density at radius 2 is 2.02 bits per heavy atom. The minimum Gasteiger partial charge on any atom is -0.487 e. The lowest BCUT2D eigenvalue weighted by Crippen LogP contribution is -2.52. The van der Waals surface area contributed by atoms with Crippen LogP contribution in [0.25, 0.3) is 16.8 Å². The van der Waals surface area contributed by atoms with E-state index in [0.717, 1.165) is 68.8 Å². The van der Waals surface area contributed by atoms with E-state index in [9.17, 15) is 4.79 Å². The molecule has 4 aliphatic rings. The minimum atomic E-state index is -0.163. The molecule has 2 atom stereocenters. The molecule has 0 aliphatic carbocycles. The van der Waals surface area contributed by atoms with Crippen molar-refractivity contribution >= 4 is 45.9 Å². The van der Waals surface area contributed by atoms with Gasteiger partial charge in [0, 0.05) is 43.5 Å². The third-order valence-electron chi connectivity index (χ3n) is 8.58. The number of thiophene rings is 1. The quantitative estimate of drug-likeness (QED) is 0.337. The molecular weight excluding hydrogens is 574 g/mol. The molecule has 4 fully saturated rings. The second-order valence-electron chi connectivity index (χ2n) is 11.2. The predicted octanol–water partition coefficient (Wildman–Crippen LogP) is 3.83. The van der Waals surface area contributed by atoms with Crippen molar-refractivity contribution in [1.29, 1.82) is 5.26 Å². The number of nitrogens with one attached hydrogen (secondary N) is 1. The summed E-state index contributed by atoms with van der Waals surface area (Å²) in [4.78, 5) is 27.2. The molecule has 0 saturated carbocycles. The van der Waals surface area contributed by atoms with Crippen LogP contribution >= 0.6 is 22.9 Å². The third-order valence-corrected chi connectivity index (χ3v) is 9.83. The fourth-order valence-corrected chi connectivity index (χ4v) is 7.52. The number of aromatic nitrogens is 4. The van der Waals surface area contributed by atoms with Crippen LogP contribution in [0.5, 0.6) is 5.75 Å². The number of rotatable bonds is 6. The number of carbonyl (C=O) groups excluding carboxylic acids is 1. The first-order chi connectivity index (χ1) is 20.5. The normalized spacial score (nSPS) is 23.6. The third kappa shape index (κ3) is 5.02. The van der Waals surface area contributed by atoms with Gasteiger partial charge in [0.2, 0.25) is 0 Å². The first kappa shape index (κ1) is 26.9. The van der Waals surface area contributed by atoms with Crippen molar-refractivity contribution in [2.24, 2.45) is 5.92 Å². The number of nitrogen functional groups attached to an aromatic ring is 1. The number of amides is 1. The van der Waals surface area contributed by atoms with Crippen molar-refractivity contribution in [3.05, 3.63) is 51.7 Å². The van der Waals surface area contributed by atoms with E-state index in [2.05, 4.69) is 30.2 Å². The fraction of sp³-hybridized carbons (Fsp3) is 0.414. The Morgan fingerprint density at radius 3 is 2.76 bits per heavy atom. The SMILES string of the molecule is N#Cc1ccc(-c2cc(N3CCC[C@@H](NC(=O)c4sc(Cl)cc4O[C@@H]4CN5CCC4CC5)C3)c3c(N)ncnn23)cn1. The number of piperidine rings is 4. The van der Waals surface area contributed by atoms with E-state index in [4.69, 9.17) is 27.3 Å². The largest absolute Gasteiger partial charge is 0.487 e. The predicted molar refractivity (Wildman–Crippen MR) is 161 cm³/mol. The summed E-state index contributed by atoms with van der Waals surface area (Å²) in [5.74, 6) is 1.30. The Morgan fingerprint density at radius 1 is 1.17 bits per heavy atom. The monoisotopic (exact) mass is 603 g/mol. The number of pyridine rings is 1. The smallest absolute Gasteiger partial charge is 0.265 e. The summed E-state index contributed by atoms with van der Waals surface area (Å²) in [6.07, 6.45) is 7.17. The van der Waals surface area contributed by atoms with Gasteiger partial charge in [-0.15, -0.1) is 11.3 Å². The van der Waals surface area contributed by atoms with E-state index in [1.54, 1.807) is 22.8 Å². The van der Waals surface area contributed by atoms with Crippen LogP contribution < -0.4 is 20.7 Å². The van der Waals surface area contributed by atoms with Gasteiger partial charge in [0.1, 0.15) is 40.3 Å². The fourth-order valence-electron chi connectivity index (χ4n) is 6.47. The molecule has 3 N–H and O–H groups in total. The molecule has 2 bridgehead atoms. The first-order valence-corrected chi connectivity index (χ1v) is 15.4. The molecule has 4 aliphatic heterocycles. The molecule has 11 nitrogen and oxygen atoms in total. The number of nitrogens with zero attached hydrogens (tertiary/aromatic N) is 7. The summed E-state index contributed by atoms with van der Waals surface area (Å²) < 4.78 is 8.72. The van der Waals surface area contributed by atoms with Gasteiger partial charge in [0.15, 0.2) is 5.82 Å². The van der Waals surface area contributed by atoms with Gasteiger partial charge in [0.25, 0.3) is 5.91 Å². The van der Waals surface area contributed by atoms with Crippen LogP contribution in [-0.2, 0) is 0 Å². The molecule has 1 amide bonds. The zero-order valence-electron chi connectivity index (χ0n) is 22.9.